The van der Waals surface area contributed by atoms with Gasteiger partial charge in [0.1, 0.15) is 0 Å². The van der Waals surface area contributed by atoms with Crippen LogP contribution in [0.1, 0.15) is 24.8 Å². The van der Waals surface area contributed by atoms with E-state index in [0.29, 0.717) is 0 Å². The second-order valence-electron chi connectivity index (χ2n) is 4.30. The Hall–Kier alpha value is -0.960. The van der Waals surface area contributed by atoms with Gasteiger partial charge in [0.2, 0.25) is 0 Å². The monoisotopic (exact) mass is 236 g/mol. The molecule has 0 spiro atoms. The Balaban J connectivity index is 2.10. The molecule has 0 aliphatic heterocycles. The summed E-state index contributed by atoms with van der Waals surface area (Å²) in [5, 5.41) is 9.37. The second-order valence-corrected chi connectivity index (χ2v) is 5.58. The zero-order chi connectivity index (χ0) is 11.5. The first-order valence-corrected chi connectivity index (χ1v) is 6.51. The molecule has 86 valence electrons. The van der Waals surface area contributed by atoms with E-state index in [1.54, 1.807) is 11.8 Å². The van der Waals surface area contributed by atoms with Crippen LogP contribution >= 0.6 is 11.8 Å². The quantitative estimate of drug-likeness (QED) is 0.874. The summed E-state index contributed by atoms with van der Waals surface area (Å²) in [6.45, 7) is 2.08. The minimum absolute atomic E-state index is 0.162. The smallest absolute Gasteiger partial charge is 0.307 e. The highest BCUT2D eigenvalue weighted by atomic mass is 32.2. The summed E-state index contributed by atoms with van der Waals surface area (Å²) in [5.74, 6) is -0.798. The molecule has 1 N–H and O–H groups in total. The van der Waals surface area contributed by atoms with Crippen molar-refractivity contribution in [3.63, 3.8) is 0 Å². The van der Waals surface area contributed by atoms with Crippen molar-refractivity contribution in [3.05, 3.63) is 29.8 Å². The molecule has 1 aliphatic carbocycles. The van der Waals surface area contributed by atoms with Gasteiger partial charge in [0.15, 0.2) is 0 Å². The van der Waals surface area contributed by atoms with Crippen molar-refractivity contribution < 1.29 is 9.90 Å². The molecule has 1 aliphatic rings. The van der Waals surface area contributed by atoms with Gasteiger partial charge < -0.3 is 5.11 Å². The van der Waals surface area contributed by atoms with Crippen molar-refractivity contribution in [1.82, 2.24) is 0 Å². The zero-order valence-corrected chi connectivity index (χ0v) is 10.2. The van der Waals surface area contributed by atoms with E-state index in [-0.39, 0.29) is 11.2 Å². The molecule has 1 saturated carbocycles. The summed E-state index contributed by atoms with van der Waals surface area (Å²) < 4.78 is 0. The van der Waals surface area contributed by atoms with Crippen LogP contribution in [0.15, 0.2) is 29.2 Å². The summed E-state index contributed by atoms with van der Waals surface area (Å²) in [5.41, 5.74) is 1.24. The number of carboxylic acid groups (broad SMARTS) is 1. The Morgan fingerprint density at radius 1 is 1.38 bits per heavy atom. The number of carboxylic acids is 1. The van der Waals surface area contributed by atoms with Crippen molar-refractivity contribution in [3.8, 4) is 0 Å². The second kappa shape index (κ2) is 4.91. The third-order valence-corrected chi connectivity index (χ3v) is 4.72. The Kier molecular flexibility index (Phi) is 3.54. The largest absolute Gasteiger partial charge is 0.481 e. The zero-order valence-electron chi connectivity index (χ0n) is 9.35. The predicted octanol–water partition coefficient (Wildman–Crippen LogP) is 3.34. The summed E-state index contributed by atoms with van der Waals surface area (Å²) in [6, 6.07) is 8.19. The van der Waals surface area contributed by atoms with Gasteiger partial charge in [-0.05, 0) is 31.4 Å². The SMILES string of the molecule is Cc1ccccc1SC1CCCC1C(=O)O. The molecule has 1 aromatic rings. The third-order valence-electron chi connectivity index (χ3n) is 3.14. The topological polar surface area (TPSA) is 37.3 Å². The molecule has 1 aromatic carbocycles. The summed E-state index contributed by atoms with van der Waals surface area (Å²) in [4.78, 5) is 12.3. The van der Waals surface area contributed by atoms with Gasteiger partial charge >= 0.3 is 5.97 Å². The average molecular weight is 236 g/mol. The maximum Gasteiger partial charge on any atom is 0.307 e. The lowest BCUT2D eigenvalue weighted by Gasteiger charge is -2.16. The maximum absolute atomic E-state index is 11.1. The number of aryl methyl sites for hydroxylation is 1. The van der Waals surface area contributed by atoms with Gasteiger partial charge in [-0.2, -0.15) is 0 Å². The van der Waals surface area contributed by atoms with Crippen molar-refractivity contribution in [2.75, 3.05) is 0 Å². The fourth-order valence-corrected chi connectivity index (χ4v) is 3.64. The Morgan fingerprint density at radius 3 is 2.81 bits per heavy atom. The summed E-state index contributed by atoms with van der Waals surface area (Å²) >= 11 is 1.73. The molecular formula is C13H16O2S. The van der Waals surface area contributed by atoms with Crippen LogP contribution in [0.5, 0.6) is 0 Å². The van der Waals surface area contributed by atoms with Gasteiger partial charge in [-0.25, -0.2) is 0 Å². The standard InChI is InChI=1S/C13H16O2S/c1-9-5-2-3-7-11(9)16-12-8-4-6-10(12)13(14)15/h2-3,5,7,10,12H,4,6,8H2,1H3,(H,14,15). The number of carbonyl (C=O) groups is 1. The molecule has 0 saturated heterocycles. The first kappa shape index (κ1) is 11.5. The molecule has 0 aromatic heterocycles. The van der Waals surface area contributed by atoms with Gasteiger partial charge in [-0.3, -0.25) is 4.79 Å². The lowest BCUT2D eigenvalue weighted by atomic mass is 10.1. The molecular weight excluding hydrogens is 220 g/mol. The van der Waals surface area contributed by atoms with Crippen molar-refractivity contribution in [2.24, 2.45) is 5.92 Å². The highest BCUT2D eigenvalue weighted by Crippen LogP contribution is 2.39. The number of rotatable bonds is 3. The molecule has 16 heavy (non-hydrogen) atoms. The van der Waals surface area contributed by atoms with Crippen LogP contribution in [0.25, 0.3) is 0 Å². The van der Waals surface area contributed by atoms with Crippen molar-refractivity contribution in [1.29, 1.82) is 0 Å². The average Bonchev–Trinajstić information content (AvgIpc) is 2.69. The first-order chi connectivity index (χ1) is 7.68. The van der Waals surface area contributed by atoms with Crippen LogP contribution in [0.4, 0.5) is 0 Å². The summed E-state index contributed by atoms with van der Waals surface area (Å²) in [7, 11) is 0. The maximum atomic E-state index is 11.1. The van der Waals surface area contributed by atoms with E-state index in [9.17, 15) is 4.79 Å². The molecule has 0 heterocycles. The van der Waals surface area contributed by atoms with Crippen LogP contribution in [0, 0.1) is 12.8 Å². The minimum atomic E-state index is -0.636. The van der Waals surface area contributed by atoms with E-state index in [1.807, 2.05) is 12.1 Å². The van der Waals surface area contributed by atoms with Crippen LogP contribution in [-0.2, 0) is 4.79 Å². The fourth-order valence-electron chi connectivity index (χ4n) is 2.20. The number of aliphatic carboxylic acids is 1. The molecule has 3 heteroatoms. The Morgan fingerprint density at radius 2 is 2.12 bits per heavy atom. The van der Waals surface area contributed by atoms with E-state index in [2.05, 4.69) is 19.1 Å². The van der Waals surface area contributed by atoms with Crippen molar-refractivity contribution >= 4 is 17.7 Å². The van der Waals surface area contributed by atoms with Crippen LogP contribution in [0.2, 0.25) is 0 Å². The molecule has 2 nitrogen and oxygen atoms in total. The van der Waals surface area contributed by atoms with Crippen molar-refractivity contribution in [2.45, 2.75) is 36.3 Å². The van der Waals surface area contributed by atoms with Gasteiger partial charge in [-0.15, -0.1) is 11.8 Å². The number of benzene rings is 1. The van der Waals surface area contributed by atoms with Gasteiger partial charge in [0, 0.05) is 10.1 Å². The normalized spacial score (nSPS) is 24.6. The van der Waals surface area contributed by atoms with E-state index >= 15 is 0 Å². The van der Waals surface area contributed by atoms with Gasteiger partial charge in [0.25, 0.3) is 0 Å². The predicted molar refractivity (Wildman–Crippen MR) is 65.8 cm³/mol. The Labute approximate surface area is 100 Å². The van der Waals surface area contributed by atoms with E-state index in [0.717, 1.165) is 19.3 Å². The molecule has 1 fully saturated rings. The molecule has 2 rings (SSSR count). The fraction of sp³-hybridized carbons (Fsp3) is 0.462. The summed E-state index contributed by atoms with van der Waals surface area (Å²) in [6.07, 6.45) is 2.90. The van der Waals surface area contributed by atoms with Gasteiger partial charge in [0.05, 0.1) is 5.92 Å². The number of thioether (sulfide) groups is 1. The molecule has 2 atom stereocenters. The first-order valence-electron chi connectivity index (χ1n) is 5.63. The molecule has 0 amide bonds. The molecule has 0 bridgehead atoms. The van der Waals surface area contributed by atoms with E-state index < -0.39 is 5.97 Å². The third kappa shape index (κ3) is 2.40. The highest BCUT2D eigenvalue weighted by Gasteiger charge is 2.33. The van der Waals surface area contributed by atoms with Gasteiger partial charge in [-0.1, -0.05) is 24.6 Å². The van der Waals surface area contributed by atoms with Crippen LogP contribution in [0.3, 0.4) is 0 Å². The Bertz CT molecular complexity index is 389. The van der Waals surface area contributed by atoms with E-state index in [4.69, 9.17) is 5.11 Å². The van der Waals surface area contributed by atoms with Crippen LogP contribution in [-0.4, -0.2) is 16.3 Å². The number of hydrogen-bond donors (Lipinski definition) is 1. The number of hydrogen-bond acceptors (Lipinski definition) is 2. The van der Waals surface area contributed by atoms with Crippen LogP contribution < -0.4 is 0 Å². The highest BCUT2D eigenvalue weighted by molar-refractivity contribution is 8.00. The lowest BCUT2D eigenvalue weighted by molar-refractivity contribution is -0.141. The van der Waals surface area contributed by atoms with E-state index in [1.165, 1.54) is 10.5 Å². The molecule has 2 unspecified atom stereocenters. The molecule has 0 radical (unpaired) electrons. The lowest BCUT2D eigenvalue weighted by Crippen LogP contribution is -2.20. The minimum Gasteiger partial charge on any atom is -0.481 e.